The zero-order chi connectivity index (χ0) is 17.1. The monoisotopic (exact) mass is 321 g/mol. The van der Waals surface area contributed by atoms with Gasteiger partial charge in [0.25, 0.3) is 0 Å². The van der Waals surface area contributed by atoms with E-state index < -0.39 is 11.7 Å². The molecule has 0 saturated carbocycles. The lowest BCUT2D eigenvalue weighted by molar-refractivity contribution is -0.120. The normalized spacial score (nSPS) is 10.9. The van der Waals surface area contributed by atoms with Crippen molar-refractivity contribution in [1.82, 2.24) is 16.0 Å². The molecule has 1 aromatic rings. The van der Waals surface area contributed by atoms with Crippen LogP contribution in [0.25, 0.3) is 0 Å². The third-order valence-electron chi connectivity index (χ3n) is 2.80. The van der Waals surface area contributed by atoms with Crippen molar-refractivity contribution in [3.63, 3.8) is 0 Å². The molecule has 1 rings (SSSR count). The van der Waals surface area contributed by atoms with Crippen LogP contribution in [0.4, 0.5) is 4.79 Å². The highest BCUT2D eigenvalue weighted by Crippen LogP contribution is 2.05. The maximum atomic E-state index is 11.7. The number of alkyl carbamates (subject to hydrolysis) is 1. The number of hydrogen-bond acceptors (Lipinski definition) is 4. The van der Waals surface area contributed by atoms with Crippen LogP contribution in [0.5, 0.6) is 0 Å². The molecule has 0 aliphatic rings. The van der Waals surface area contributed by atoms with E-state index in [4.69, 9.17) is 4.74 Å². The van der Waals surface area contributed by atoms with E-state index in [9.17, 15) is 9.59 Å². The Morgan fingerprint density at radius 1 is 0.957 bits per heavy atom. The highest BCUT2D eigenvalue weighted by Gasteiger charge is 2.15. The van der Waals surface area contributed by atoms with E-state index in [1.54, 1.807) is 0 Å². The molecule has 0 atom stereocenters. The molecule has 128 valence electrons. The number of hydrogen-bond donors (Lipinski definition) is 3. The number of nitrogens with one attached hydrogen (secondary N) is 3. The second-order valence-electron chi connectivity index (χ2n) is 6.19. The van der Waals surface area contributed by atoms with Gasteiger partial charge in [-0.15, -0.1) is 0 Å². The first-order chi connectivity index (χ1) is 10.9. The van der Waals surface area contributed by atoms with Gasteiger partial charge < -0.3 is 20.7 Å². The van der Waals surface area contributed by atoms with Crippen LogP contribution in [0.3, 0.4) is 0 Å². The SMILES string of the molecule is CC(C)(C)OC(=O)NCCNCCNC(=O)Cc1ccccc1. The molecule has 0 heterocycles. The molecule has 0 fully saturated rings. The van der Waals surface area contributed by atoms with Crippen LogP contribution in [0, 0.1) is 0 Å². The summed E-state index contributed by atoms with van der Waals surface area (Å²) in [6, 6.07) is 9.63. The van der Waals surface area contributed by atoms with E-state index in [0.29, 0.717) is 32.6 Å². The smallest absolute Gasteiger partial charge is 0.407 e. The van der Waals surface area contributed by atoms with Gasteiger partial charge in [0.05, 0.1) is 6.42 Å². The van der Waals surface area contributed by atoms with E-state index in [0.717, 1.165) is 5.56 Å². The molecule has 0 aliphatic carbocycles. The molecule has 0 aliphatic heterocycles. The summed E-state index contributed by atoms with van der Waals surface area (Å²) in [4.78, 5) is 23.1. The Morgan fingerprint density at radius 3 is 2.17 bits per heavy atom. The Balaban J connectivity index is 1.99. The van der Waals surface area contributed by atoms with Gasteiger partial charge in [0, 0.05) is 26.2 Å². The van der Waals surface area contributed by atoms with Crippen LogP contribution in [0.1, 0.15) is 26.3 Å². The second-order valence-corrected chi connectivity index (χ2v) is 6.19. The molecule has 3 N–H and O–H groups in total. The second kappa shape index (κ2) is 9.84. The molecule has 2 amide bonds. The molecule has 1 aromatic carbocycles. The first-order valence-corrected chi connectivity index (χ1v) is 7.85. The molecule has 0 saturated heterocycles. The van der Waals surface area contributed by atoms with Crippen LogP contribution in [0.2, 0.25) is 0 Å². The Morgan fingerprint density at radius 2 is 1.57 bits per heavy atom. The Hall–Kier alpha value is -2.08. The standard InChI is InChI=1S/C17H27N3O3/c1-17(2,3)23-16(22)20-12-10-18-9-11-19-15(21)13-14-7-5-4-6-8-14/h4-8,18H,9-13H2,1-3H3,(H,19,21)(H,20,22). The largest absolute Gasteiger partial charge is 0.444 e. The molecule has 23 heavy (non-hydrogen) atoms. The number of amides is 2. The van der Waals surface area contributed by atoms with Gasteiger partial charge in [0.15, 0.2) is 0 Å². The number of rotatable bonds is 8. The maximum Gasteiger partial charge on any atom is 0.407 e. The average molecular weight is 321 g/mol. The van der Waals surface area contributed by atoms with Crippen LogP contribution in [-0.2, 0) is 16.0 Å². The van der Waals surface area contributed by atoms with E-state index in [1.165, 1.54) is 0 Å². The predicted octanol–water partition coefficient (Wildman–Crippen LogP) is 1.46. The van der Waals surface area contributed by atoms with E-state index in [1.807, 2.05) is 51.1 Å². The fraction of sp³-hybridized carbons (Fsp3) is 0.529. The van der Waals surface area contributed by atoms with Gasteiger partial charge in [0.2, 0.25) is 5.91 Å². The van der Waals surface area contributed by atoms with Gasteiger partial charge in [-0.3, -0.25) is 4.79 Å². The molecule has 6 nitrogen and oxygen atoms in total. The Bertz CT molecular complexity index is 484. The van der Waals surface area contributed by atoms with Crippen molar-refractivity contribution in [3.05, 3.63) is 35.9 Å². The number of ether oxygens (including phenoxy) is 1. The van der Waals surface area contributed by atoms with Crippen LogP contribution in [-0.4, -0.2) is 43.8 Å². The summed E-state index contributed by atoms with van der Waals surface area (Å²) in [7, 11) is 0. The minimum absolute atomic E-state index is 0.00452. The van der Waals surface area contributed by atoms with Crippen molar-refractivity contribution in [2.24, 2.45) is 0 Å². The van der Waals surface area contributed by atoms with Crippen LogP contribution >= 0.6 is 0 Å². The molecular weight excluding hydrogens is 294 g/mol. The summed E-state index contributed by atoms with van der Waals surface area (Å²) >= 11 is 0. The van der Waals surface area contributed by atoms with E-state index in [-0.39, 0.29) is 5.91 Å². The molecule has 0 unspecified atom stereocenters. The van der Waals surface area contributed by atoms with Gasteiger partial charge in [-0.1, -0.05) is 30.3 Å². The molecule has 0 spiro atoms. The van der Waals surface area contributed by atoms with Crippen molar-refractivity contribution >= 4 is 12.0 Å². The summed E-state index contributed by atoms with van der Waals surface area (Å²) in [5.41, 5.74) is 0.514. The van der Waals surface area contributed by atoms with Gasteiger partial charge in [0.1, 0.15) is 5.60 Å². The zero-order valence-corrected chi connectivity index (χ0v) is 14.1. The predicted molar refractivity (Wildman–Crippen MR) is 90.3 cm³/mol. The van der Waals surface area contributed by atoms with E-state index in [2.05, 4.69) is 16.0 Å². The van der Waals surface area contributed by atoms with Crippen LogP contribution in [0.15, 0.2) is 30.3 Å². The Labute approximate surface area is 138 Å². The molecular formula is C17H27N3O3. The van der Waals surface area contributed by atoms with E-state index >= 15 is 0 Å². The topological polar surface area (TPSA) is 79.5 Å². The maximum absolute atomic E-state index is 11.7. The number of benzene rings is 1. The summed E-state index contributed by atoms with van der Waals surface area (Å²) in [5, 5.41) is 8.65. The first-order valence-electron chi connectivity index (χ1n) is 7.85. The third kappa shape index (κ3) is 10.3. The molecule has 0 aromatic heterocycles. The van der Waals surface area contributed by atoms with Gasteiger partial charge in [-0.25, -0.2) is 4.79 Å². The zero-order valence-electron chi connectivity index (χ0n) is 14.1. The van der Waals surface area contributed by atoms with Crippen LogP contribution < -0.4 is 16.0 Å². The number of carbonyl (C=O) groups is 2. The Kier molecular flexibility index (Phi) is 8.11. The van der Waals surface area contributed by atoms with Gasteiger partial charge in [-0.2, -0.15) is 0 Å². The summed E-state index contributed by atoms with van der Waals surface area (Å²) < 4.78 is 5.12. The summed E-state index contributed by atoms with van der Waals surface area (Å²) in [6.07, 6.45) is -0.0309. The highest BCUT2D eigenvalue weighted by atomic mass is 16.6. The fourth-order valence-electron chi connectivity index (χ4n) is 1.83. The lowest BCUT2D eigenvalue weighted by Crippen LogP contribution is -2.38. The average Bonchev–Trinajstić information content (AvgIpc) is 2.45. The molecule has 0 radical (unpaired) electrons. The number of carbonyl (C=O) groups excluding carboxylic acids is 2. The minimum atomic E-state index is -0.486. The summed E-state index contributed by atoms with van der Waals surface area (Å²) in [6.45, 7) is 7.77. The highest BCUT2D eigenvalue weighted by molar-refractivity contribution is 5.78. The van der Waals surface area contributed by atoms with Crippen molar-refractivity contribution < 1.29 is 14.3 Å². The molecule has 6 heteroatoms. The van der Waals surface area contributed by atoms with Crippen molar-refractivity contribution in [2.45, 2.75) is 32.8 Å². The first kappa shape index (κ1) is 19.0. The lowest BCUT2D eigenvalue weighted by Gasteiger charge is -2.19. The van der Waals surface area contributed by atoms with Crippen molar-refractivity contribution in [2.75, 3.05) is 26.2 Å². The summed E-state index contributed by atoms with van der Waals surface area (Å²) in [5.74, 6) is 0.00452. The van der Waals surface area contributed by atoms with Crippen molar-refractivity contribution in [3.8, 4) is 0 Å². The lowest BCUT2D eigenvalue weighted by atomic mass is 10.1. The van der Waals surface area contributed by atoms with Gasteiger partial charge >= 0.3 is 6.09 Å². The quantitative estimate of drug-likeness (QED) is 0.633. The minimum Gasteiger partial charge on any atom is -0.444 e. The van der Waals surface area contributed by atoms with Gasteiger partial charge in [-0.05, 0) is 26.3 Å². The fourth-order valence-corrected chi connectivity index (χ4v) is 1.83. The molecule has 0 bridgehead atoms. The van der Waals surface area contributed by atoms with Crippen molar-refractivity contribution in [1.29, 1.82) is 0 Å². The third-order valence-corrected chi connectivity index (χ3v) is 2.80.